The first kappa shape index (κ1) is 16.0. The number of aromatic amines is 1. The fraction of sp³-hybridized carbons (Fsp3) is 0.353. The molecule has 2 amide bonds. The second-order valence-corrected chi connectivity index (χ2v) is 5.91. The van der Waals surface area contributed by atoms with Crippen LogP contribution in [0, 0.1) is 0 Å². The first-order valence-electron chi connectivity index (χ1n) is 7.90. The molecular weight excluding hydrogens is 308 g/mol. The van der Waals surface area contributed by atoms with E-state index in [0.29, 0.717) is 18.5 Å². The minimum atomic E-state index is -0.894. The first-order chi connectivity index (χ1) is 11.6. The van der Waals surface area contributed by atoms with Crippen LogP contribution in [-0.4, -0.2) is 34.8 Å². The highest BCUT2D eigenvalue weighted by Crippen LogP contribution is 2.31. The van der Waals surface area contributed by atoms with Gasteiger partial charge in [0.1, 0.15) is 5.54 Å². The van der Waals surface area contributed by atoms with Crippen LogP contribution in [0.2, 0.25) is 0 Å². The van der Waals surface area contributed by atoms with Gasteiger partial charge in [-0.05, 0) is 36.6 Å². The van der Waals surface area contributed by atoms with Crippen LogP contribution in [0.3, 0.4) is 0 Å². The Morgan fingerprint density at radius 2 is 1.88 bits per heavy atom. The third-order valence-electron chi connectivity index (χ3n) is 4.37. The lowest BCUT2D eigenvalue weighted by atomic mass is 9.96. The number of anilines is 1. The van der Waals surface area contributed by atoms with Gasteiger partial charge in [-0.2, -0.15) is 5.10 Å². The third-order valence-corrected chi connectivity index (χ3v) is 4.37. The Morgan fingerprint density at radius 1 is 1.17 bits per heavy atom. The molecule has 1 aliphatic carbocycles. The van der Waals surface area contributed by atoms with Gasteiger partial charge < -0.3 is 15.4 Å². The molecule has 0 unspecified atom stereocenters. The van der Waals surface area contributed by atoms with Gasteiger partial charge in [-0.1, -0.05) is 25.0 Å². The molecule has 3 rings (SSSR count). The van der Waals surface area contributed by atoms with Crippen LogP contribution in [0.15, 0.2) is 36.5 Å². The van der Waals surface area contributed by atoms with E-state index in [0.717, 1.165) is 24.1 Å². The molecule has 1 aromatic heterocycles. The molecule has 24 heavy (non-hydrogen) atoms. The number of nitrogens with one attached hydrogen (secondary N) is 3. The van der Waals surface area contributed by atoms with E-state index in [9.17, 15) is 9.59 Å². The van der Waals surface area contributed by atoms with Crippen molar-refractivity contribution in [3.63, 3.8) is 0 Å². The average Bonchev–Trinajstić information content (AvgIpc) is 3.28. The number of carbonyl (C=O) groups is 2. The number of carbonyl (C=O) groups excluding carboxylic acids is 2. The summed E-state index contributed by atoms with van der Waals surface area (Å²) in [7, 11) is 1.30. The van der Waals surface area contributed by atoms with Crippen molar-refractivity contribution in [2.24, 2.45) is 0 Å². The molecule has 0 aliphatic heterocycles. The monoisotopic (exact) mass is 328 g/mol. The molecule has 2 aromatic rings. The van der Waals surface area contributed by atoms with E-state index >= 15 is 0 Å². The lowest BCUT2D eigenvalue weighted by Gasteiger charge is -2.28. The zero-order valence-electron chi connectivity index (χ0n) is 13.5. The highest BCUT2D eigenvalue weighted by molar-refractivity contribution is 6.00. The van der Waals surface area contributed by atoms with Gasteiger partial charge in [0.05, 0.1) is 12.8 Å². The molecule has 0 atom stereocenters. The summed E-state index contributed by atoms with van der Waals surface area (Å²) in [4.78, 5) is 24.3. The summed E-state index contributed by atoms with van der Waals surface area (Å²) >= 11 is 0. The molecule has 7 heteroatoms. The lowest BCUT2D eigenvalue weighted by Crippen LogP contribution is -2.55. The Bertz CT molecular complexity index is 704. The summed E-state index contributed by atoms with van der Waals surface area (Å²) in [6.07, 6.45) is 4.13. The molecule has 7 nitrogen and oxygen atoms in total. The maximum Gasteiger partial charge on any atom is 0.407 e. The SMILES string of the molecule is COC(=O)NC1(C(=O)Nc2ccc(-c3ccn[nH]3)cc2)CCCC1. The predicted octanol–water partition coefficient (Wildman–Crippen LogP) is 2.68. The molecule has 3 N–H and O–H groups in total. The first-order valence-corrected chi connectivity index (χ1v) is 7.90. The van der Waals surface area contributed by atoms with E-state index in [1.165, 1.54) is 7.11 Å². The van der Waals surface area contributed by atoms with Gasteiger partial charge in [-0.3, -0.25) is 9.89 Å². The van der Waals surface area contributed by atoms with Crippen molar-refractivity contribution < 1.29 is 14.3 Å². The van der Waals surface area contributed by atoms with Crippen LogP contribution in [-0.2, 0) is 9.53 Å². The Hall–Kier alpha value is -2.83. The quantitative estimate of drug-likeness (QED) is 0.804. The number of nitrogens with zero attached hydrogens (tertiary/aromatic N) is 1. The highest BCUT2D eigenvalue weighted by atomic mass is 16.5. The molecule has 1 heterocycles. The topological polar surface area (TPSA) is 96.1 Å². The zero-order valence-corrected chi connectivity index (χ0v) is 13.5. The predicted molar refractivity (Wildman–Crippen MR) is 89.4 cm³/mol. The number of aromatic nitrogens is 2. The Labute approximate surface area is 139 Å². The van der Waals surface area contributed by atoms with Gasteiger partial charge in [0.15, 0.2) is 0 Å². The summed E-state index contributed by atoms with van der Waals surface area (Å²) in [5, 5.41) is 12.4. The number of benzene rings is 1. The fourth-order valence-electron chi connectivity index (χ4n) is 3.03. The maximum atomic E-state index is 12.7. The largest absolute Gasteiger partial charge is 0.453 e. The van der Waals surface area contributed by atoms with Gasteiger partial charge in [0.2, 0.25) is 5.91 Å². The number of H-pyrrole nitrogens is 1. The fourth-order valence-corrected chi connectivity index (χ4v) is 3.03. The van der Waals surface area contributed by atoms with E-state index in [2.05, 4.69) is 25.6 Å². The third kappa shape index (κ3) is 3.24. The molecule has 0 spiro atoms. The molecular formula is C17H20N4O3. The Kier molecular flexibility index (Phi) is 4.50. The van der Waals surface area contributed by atoms with Gasteiger partial charge in [-0.25, -0.2) is 4.79 Å². The molecule has 1 saturated carbocycles. The second kappa shape index (κ2) is 6.74. The minimum absolute atomic E-state index is 0.209. The summed E-state index contributed by atoms with van der Waals surface area (Å²) in [5.74, 6) is -0.209. The van der Waals surface area contributed by atoms with Crippen molar-refractivity contribution in [1.29, 1.82) is 0 Å². The van der Waals surface area contributed by atoms with E-state index in [1.807, 2.05) is 30.3 Å². The number of rotatable bonds is 4. The Morgan fingerprint density at radius 3 is 2.46 bits per heavy atom. The van der Waals surface area contributed by atoms with Crippen LogP contribution < -0.4 is 10.6 Å². The van der Waals surface area contributed by atoms with Gasteiger partial charge in [-0.15, -0.1) is 0 Å². The van der Waals surface area contributed by atoms with E-state index in [1.54, 1.807) is 6.20 Å². The van der Waals surface area contributed by atoms with Gasteiger partial charge in [0.25, 0.3) is 0 Å². The van der Waals surface area contributed by atoms with Crippen molar-refractivity contribution in [2.45, 2.75) is 31.2 Å². The Balaban J connectivity index is 1.72. The van der Waals surface area contributed by atoms with Crippen molar-refractivity contribution in [3.05, 3.63) is 36.5 Å². The molecule has 0 radical (unpaired) electrons. The molecule has 1 aliphatic rings. The molecule has 0 saturated heterocycles. The summed E-state index contributed by atoms with van der Waals surface area (Å²) in [6.45, 7) is 0. The van der Waals surface area contributed by atoms with Crippen LogP contribution in [0.4, 0.5) is 10.5 Å². The number of methoxy groups -OCH3 is 1. The minimum Gasteiger partial charge on any atom is -0.453 e. The highest BCUT2D eigenvalue weighted by Gasteiger charge is 2.42. The molecule has 0 bridgehead atoms. The lowest BCUT2D eigenvalue weighted by molar-refractivity contribution is -0.122. The van der Waals surface area contributed by atoms with Gasteiger partial charge in [0, 0.05) is 11.9 Å². The second-order valence-electron chi connectivity index (χ2n) is 5.91. The number of ether oxygens (including phenoxy) is 1. The van der Waals surface area contributed by atoms with E-state index in [-0.39, 0.29) is 5.91 Å². The van der Waals surface area contributed by atoms with Crippen LogP contribution >= 0.6 is 0 Å². The van der Waals surface area contributed by atoms with Gasteiger partial charge >= 0.3 is 6.09 Å². The summed E-state index contributed by atoms with van der Waals surface area (Å²) in [5.41, 5.74) is 1.68. The summed E-state index contributed by atoms with van der Waals surface area (Å²) in [6, 6.07) is 9.33. The van der Waals surface area contributed by atoms with E-state index < -0.39 is 11.6 Å². The maximum absolute atomic E-state index is 12.7. The zero-order chi connectivity index (χ0) is 17.0. The number of hydrogen-bond acceptors (Lipinski definition) is 4. The average molecular weight is 328 g/mol. The number of alkyl carbamates (subject to hydrolysis) is 1. The normalized spacial score (nSPS) is 15.7. The standard InChI is InChI=1S/C17H20N4O3/c1-24-16(23)20-17(9-2-3-10-17)15(22)19-13-6-4-12(5-7-13)14-8-11-18-21-14/h4-8,11H,2-3,9-10H2,1H3,(H,18,21)(H,19,22)(H,20,23). The molecule has 1 fully saturated rings. The number of amides is 2. The van der Waals surface area contributed by atoms with Crippen molar-refractivity contribution in [2.75, 3.05) is 12.4 Å². The van der Waals surface area contributed by atoms with E-state index in [4.69, 9.17) is 0 Å². The van der Waals surface area contributed by atoms with Crippen molar-refractivity contribution in [3.8, 4) is 11.3 Å². The molecule has 1 aromatic carbocycles. The van der Waals surface area contributed by atoms with Crippen LogP contribution in [0.25, 0.3) is 11.3 Å². The summed E-state index contributed by atoms with van der Waals surface area (Å²) < 4.78 is 4.66. The molecule has 126 valence electrons. The number of hydrogen-bond donors (Lipinski definition) is 3. The van der Waals surface area contributed by atoms with Crippen LogP contribution in [0.1, 0.15) is 25.7 Å². The smallest absolute Gasteiger partial charge is 0.407 e. The van der Waals surface area contributed by atoms with Crippen LogP contribution in [0.5, 0.6) is 0 Å². The van der Waals surface area contributed by atoms with Crippen molar-refractivity contribution in [1.82, 2.24) is 15.5 Å². The van der Waals surface area contributed by atoms with Crippen molar-refractivity contribution >= 4 is 17.7 Å².